The lowest BCUT2D eigenvalue weighted by Crippen LogP contribution is -2.44. The van der Waals surface area contributed by atoms with Crippen LogP contribution >= 0.6 is 7.94 Å². The van der Waals surface area contributed by atoms with Gasteiger partial charge in [0.2, 0.25) is 6.16 Å². The van der Waals surface area contributed by atoms with Gasteiger partial charge in [0.05, 0.1) is 19.8 Å². The van der Waals surface area contributed by atoms with E-state index in [9.17, 15) is 14.7 Å². The first kappa shape index (κ1) is 45.2. The lowest BCUT2D eigenvalue weighted by atomic mass is 10.1. The maximum Gasteiger partial charge on any atom is 0.412 e. The van der Waals surface area contributed by atoms with Gasteiger partial charge in [-0.15, -0.1) is 0 Å². The van der Waals surface area contributed by atoms with Gasteiger partial charge >= 0.3 is 13.9 Å². The summed E-state index contributed by atoms with van der Waals surface area (Å²) in [6, 6.07) is 0. The molecule has 0 aliphatic carbocycles. The van der Waals surface area contributed by atoms with Crippen LogP contribution in [-0.4, -0.2) is 46.6 Å². The van der Waals surface area contributed by atoms with Crippen LogP contribution in [0.4, 0.5) is 0 Å². The van der Waals surface area contributed by atoms with Gasteiger partial charge in [0.25, 0.3) is 0 Å². The highest BCUT2D eigenvalue weighted by atomic mass is 31.2. The second kappa shape index (κ2) is 34.1. The number of unbranched alkanes of at least 4 members (excludes halogenated alkanes) is 27. The molecule has 0 rings (SSSR count). The quantitative estimate of drug-likeness (QED) is 0.0346. The van der Waals surface area contributed by atoms with Crippen molar-refractivity contribution in [3.8, 4) is 0 Å². The maximum absolute atomic E-state index is 10.1. The number of rotatable bonds is 38. The van der Waals surface area contributed by atoms with Crippen LogP contribution in [0.25, 0.3) is 0 Å². The van der Waals surface area contributed by atoms with Crippen molar-refractivity contribution in [3.63, 3.8) is 0 Å². The van der Waals surface area contributed by atoms with E-state index in [0.29, 0.717) is 19.8 Å². The van der Waals surface area contributed by atoms with E-state index in [1.165, 1.54) is 154 Å². The molecular weight excluding hydrogens is 583 g/mol. The molecule has 0 amide bonds. The summed E-state index contributed by atoms with van der Waals surface area (Å²) in [4.78, 5) is 30.2. The van der Waals surface area contributed by atoms with Crippen LogP contribution in [0, 0.1) is 0 Å². The molecule has 272 valence electrons. The second-order valence-electron chi connectivity index (χ2n) is 13.6. The molecule has 3 N–H and O–H groups in total. The van der Waals surface area contributed by atoms with Crippen LogP contribution in [0.5, 0.6) is 0 Å². The van der Waals surface area contributed by atoms with Gasteiger partial charge in [-0.25, -0.2) is 0 Å². The van der Waals surface area contributed by atoms with E-state index in [4.69, 9.17) is 14.2 Å². The summed E-state index contributed by atoms with van der Waals surface area (Å²) in [7, 11) is -4.16. The summed E-state index contributed by atoms with van der Waals surface area (Å²) in [6.07, 6.45) is 36.6. The maximum atomic E-state index is 10.1. The minimum absolute atomic E-state index is 0.423. The Balaban J connectivity index is 4.62. The first-order chi connectivity index (χ1) is 21.9. The predicted molar refractivity (Wildman–Crippen MR) is 195 cm³/mol. The zero-order valence-electron chi connectivity index (χ0n) is 30.6. The first-order valence-corrected chi connectivity index (χ1v) is 21.7. The monoisotopic (exact) mass is 664 g/mol. The minimum Gasteiger partial charge on any atom is -0.324 e. The van der Waals surface area contributed by atoms with Gasteiger partial charge in [0.1, 0.15) is 0 Å². The predicted octanol–water partition coefficient (Wildman–Crippen LogP) is 12.2. The molecule has 0 aromatic rings. The Labute approximate surface area is 281 Å². The van der Waals surface area contributed by atoms with E-state index >= 15 is 0 Å². The molecule has 0 bridgehead atoms. The molecule has 0 spiro atoms. The number of hydrogen-bond donors (Lipinski definition) is 3. The molecule has 0 saturated heterocycles. The van der Waals surface area contributed by atoms with Crippen molar-refractivity contribution in [2.24, 2.45) is 0 Å². The Bertz CT molecular complexity index is 506. The Morgan fingerprint density at radius 2 is 0.533 bits per heavy atom. The second-order valence-corrected chi connectivity index (χ2v) is 15.3. The molecule has 0 aliphatic heterocycles. The van der Waals surface area contributed by atoms with E-state index in [0.717, 1.165) is 38.5 Å². The van der Waals surface area contributed by atoms with E-state index in [1.807, 2.05) is 0 Å². The van der Waals surface area contributed by atoms with Crippen LogP contribution in [0.15, 0.2) is 0 Å². The van der Waals surface area contributed by atoms with Crippen LogP contribution in [0.2, 0.25) is 0 Å². The van der Waals surface area contributed by atoms with Crippen LogP contribution in [0.1, 0.15) is 213 Å². The van der Waals surface area contributed by atoms with Gasteiger partial charge in [-0.3, -0.25) is 0 Å². The molecule has 0 fully saturated rings. The van der Waals surface area contributed by atoms with Crippen LogP contribution in [0.3, 0.4) is 0 Å². The molecule has 0 saturated carbocycles. The summed E-state index contributed by atoms with van der Waals surface area (Å²) in [5, 5.41) is 0. The summed E-state index contributed by atoms with van der Waals surface area (Å²) < 4.78 is 18.5. The van der Waals surface area contributed by atoms with Crippen molar-refractivity contribution >= 4 is 7.94 Å². The zero-order valence-corrected chi connectivity index (χ0v) is 31.4. The molecule has 0 unspecified atom stereocenters. The largest absolute Gasteiger partial charge is 0.412 e. The fourth-order valence-electron chi connectivity index (χ4n) is 5.97. The van der Waals surface area contributed by atoms with Crippen molar-refractivity contribution in [3.05, 3.63) is 0 Å². The van der Waals surface area contributed by atoms with Crippen molar-refractivity contribution in [1.82, 2.24) is 0 Å². The van der Waals surface area contributed by atoms with Crippen LogP contribution < -0.4 is 0 Å². The van der Waals surface area contributed by atoms with Crippen molar-refractivity contribution in [1.29, 1.82) is 0 Å². The summed E-state index contributed by atoms with van der Waals surface area (Å²) >= 11 is 0. The molecule has 0 heterocycles. The standard InChI is InChI=1S/C38H80O6P/c1-4-7-10-13-16-19-22-25-28-31-34-42-38(37-45(39,40)41,43-35-32-29-26-23-20-17-14-11-8-5-2)44-36-33-30-27-24-21-18-15-12-9-6-3/h39-41H,4-37H2,1-3H3/q+1. The molecule has 7 heteroatoms. The highest BCUT2D eigenvalue weighted by Gasteiger charge is 2.49. The average molecular weight is 664 g/mol. The summed E-state index contributed by atoms with van der Waals surface area (Å²) in [5.41, 5.74) is 0. The van der Waals surface area contributed by atoms with Gasteiger partial charge < -0.3 is 14.2 Å². The smallest absolute Gasteiger partial charge is 0.324 e. The van der Waals surface area contributed by atoms with Gasteiger partial charge in [0, 0.05) is 0 Å². The third kappa shape index (κ3) is 33.9. The minimum atomic E-state index is -4.16. The van der Waals surface area contributed by atoms with Crippen molar-refractivity contribution in [2.75, 3.05) is 26.0 Å². The Hall–Kier alpha value is 0.190. The average Bonchev–Trinajstić information content (AvgIpc) is 3.00. The topological polar surface area (TPSA) is 88.4 Å². The third-order valence-electron chi connectivity index (χ3n) is 8.87. The van der Waals surface area contributed by atoms with Gasteiger partial charge in [-0.2, -0.15) is 14.7 Å². The third-order valence-corrected chi connectivity index (χ3v) is 9.68. The lowest BCUT2D eigenvalue weighted by molar-refractivity contribution is -0.369. The fourth-order valence-corrected chi connectivity index (χ4v) is 6.77. The van der Waals surface area contributed by atoms with E-state index in [-0.39, 0.29) is 0 Å². The van der Waals surface area contributed by atoms with Crippen molar-refractivity contribution in [2.45, 2.75) is 219 Å². The number of hydrogen-bond acceptors (Lipinski definition) is 6. The van der Waals surface area contributed by atoms with E-state index in [1.54, 1.807) is 0 Å². The Morgan fingerprint density at radius 1 is 0.333 bits per heavy atom. The Morgan fingerprint density at radius 3 is 0.733 bits per heavy atom. The molecule has 0 aliphatic rings. The number of ether oxygens (including phenoxy) is 3. The van der Waals surface area contributed by atoms with Gasteiger partial charge in [0.15, 0.2) is 0 Å². The summed E-state index contributed by atoms with van der Waals surface area (Å²) in [6.45, 7) is 8.04. The molecule has 45 heavy (non-hydrogen) atoms. The van der Waals surface area contributed by atoms with E-state index < -0.39 is 20.1 Å². The molecule has 0 atom stereocenters. The van der Waals surface area contributed by atoms with Gasteiger partial charge in [-0.05, 0) is 19.3 Å². The van der Waals surface area contributed by atoms with E-state index in [2.05, 4.69) is 20.8 Å². The summed E-state index contributed by atoms with van der Waals surface area (Å²) in [5.74, 6) is -1.59. The molecular formula is C38H80O6P+. The molecule has 0 aromatic carbocycles. The molecule has 0 radical (unpaired) electrons. The first-order valence-electron chi connectivity index (χ1n) is 19.9. The highest BCUT2D eigenvalue weighted by molar-refractivity contribution is 7.58. The lowest BCUT2D eigenvalue weighted by Gasteiger charge is -2.32. The SMILES string of the molecule is CCCCCCCCCCCCOC(C[P+](O)(O)O)(OCCCCCCCCCCCC)OCCCCCCCCCCCC. The Kier molecular flexibility index (Phi) is 34.2. The van der Waals surface area contributed by atoms with Gasteiger partial charge in [-0.1, -0.05) is 194 Å². The van der Waals surface area contributed by atoms with Crippen LogP contribution in [-0.2, 0) is 14.2 Å². The fraction of sp³-hybridized carbons (Fsp3) is 1.00. The van der Waals surface area contributed by atoms with Crippen molar-refractivity contribution < 1.29 is 28.9 Å². The zero-order chi connectivity index (χ0) is 33.2. The normalized spacial score (nSPS) is 12.4. The molecule has 0 aromatic heterocycles. The highest BCUT2D eigenvalue weighted by Crippen LogP contribution is 2.49. The molecule has 6 nitrogen and oxygen atoms in total.